The number of ether oxygens (including phenoxy) is 1. The van der Waals surface area contributed by atoms with Gasteiger partial charge in [-0.15, -0.1) is 0 Å². The maximum atomic E-state index is 13.2. The molecule has 0 radical (unpaired) electrons. The van der Waals surface area contributed by atoms with Gasteiger partial charge in [0.1, 0.15) is 24.3 Å². The van der Waals surface area contributed by atoms with Crippen molar-refractivity contribution in [2.45, 2.75) is 72.6 Å². The number of hydrogen-bond acceptors (Lipinski definition) is 6. The van der Waals surface area contributed by atoms with Crippen LogP contribution in [0.5, 0.6) is 5.75 Å². The van der Waals surface area contributed by atoms with Crippen LogP contribution in [0.15, 0.2) is 51.9 Å². The molecule has 2 aromatic heterocycles. The van der Waals surface area contributed by atoms with Crippen LogP contribution in [0.1, 0.15) is 74.6 Å². The number of piperazine rings is 1. The Kier molecular flexibility index (Phi) is 7.83. The van der Waals surface area contributed by atoms with Gasteiger partial charge < -0.3 is 14.1 Å². The summed E-state index contributed by atoms with van der Waals surface area (Å²) in [6.07, 6.45) is 1.40. The number of benzene rings is 1. The van der Waals surface area contributed by atoms with Gasteiger partial charge in [0.25, 0.3) is 5.91 Å². The van der Waals surface area contributed by atoms with Crippen LogP contribution in [0.2, 0.25) is 0 Å². The smallest absolute Gasteiger partial charge is 0.272 e. The third kappa shape index (κ3) is 6.54. The van der Waals surface area contributed by atoms with E-state index in [4.69, 9.17) is 9.15 Å². The summed E-state index contributed by atoms with van der Waals surface area (Å²) in [5.74, 6) is 0.786. The zero-order valence-electron chi connectivity index (χ0n) is 23.7. The van der Waals surface area contributed by atoms with Gasteiger partial charge in [-0.25, -0.2) is 0 Å². The standard InChI is InChI=1S/C30H40N4O4/c1-21-16-25(34(31-21)30(5,6)7)28(36)33-14-12-32(13-15-33)18-24-17-26(35)27(20-37-24)38-19-22-8-10-23(11-9-22)29(2,3)4/h8-11,16-17,20H,12-15,18-19H2,1-7H3. The molecule has 4 rings (SSSR count). The molecule has 0 aliphatic carbocycles. The van der Waals surface area contributed by atoms with Crippen LogP contribution < -0.4 is 10.2 Å². The highest BCUT2D eigenvalue weighted by atomic mass is 16.5. The summed E-state index contributed by atoms with van der Waals surface area (Å²) in [5.41, 5.74) is 3.32. The molecule has 3 aromatic rings. The van der Waals surface area contributed by atoms with Gasteiger partial charge in [-0.3, -0.25) is 19.2 Å². The van der Waals surface area contributed by atoms with Gasteiger partial charge in [0.2, 0.25) is 11.2 Å². The number of rotatable bonds is 6. The number of hydrogen-bond donors (Lipinski definition) is 0. The number of aromatic nitrogens is 2. The van der Waals surface area contributed by atoms with Gasteiger partial charge in [-0.05, 0) is 50.3 Å². The van der Waals surface area contributed by atoms with Crippen molar-refractivity contribution in [2.24, 2.45) is 0 Å². The molecular weight excluding hydrogens is 480 g/mol. The summed E-state index contributed by atoms with van der Waals surface area (Å²) in [5, 5.41) is 4.53. The Morgan fingerprint density at radius 1 is 1.00 bits per heavy atom. The summed E-state index contributed by atoms with van der Waals surface area (Å²) < 4.78 is 13.3. The first kappa shape index (κ1) is 27.6. The molecule has 8 heteroatoms. The Labute approximate surface area is 225 Å². The lowest BCUT2D eigenvalue weighted by Crippen LogP contribution is -2.49. The van der Waals surface area contributed by atoms with Crippen molar-refractivity contribution in [3.8, 4) is 5.75 Å². The zero-order valence-corrected chi connectivity index (χ0v) is 23.7. The van der Waals surface area contributed by atoms with Crippen molar-refractivity contribution in [3.63, 3.8) is 0 Å². The third-order valence-electron chi connectivity index (χ3n) is 6.79. The lowest BCUT2D eigenvalue weighted by Gasteiger charge is -2.35. The van der Waals surface area contributed by atoms with Crippen molar-refractivity contribution >= 4 is 5.91 Å². The molecule has 38 heavy (non-hydrogen) atoms. The predicted molar refractivity (Wildman–Crippen MR) is 148 cm³/mol. The Morgan fingerprint density at radius 2 is 1.66 bits per heavy atom. The van der Waals surface area contributed by atoms with E-state index in [-0.39, 0.29) is 28.0 Å². The molecule has 1 aliphatic rings. The Hall–Kier alpha value is -3.39. The number of aryl methyl sites for hydroxylation is 1. The van der Waals surface area contributed by atoms with E-state index in [0.717, 1.165) is 11.3 Å². The third-order valence-corrected chi connectivity index (χ3v) is 6.79. The van der Waals surface area contributed by atoms with Crippen molar-refractivity contribution in [2.75, 3.05) is 26.2 Å². The minimum atomic E-state index is -0.272. The predicted octanol–water partition coefficient (Wildman–Crippen LogP) is 4.73. The fourth-order valence-electron chi connectivity index (χ4n) is 4.54. The molecule has 1 saturated heterocycles. The molecular formula is C30H40N4O4. The number of amides is 1. The minimum absolute atomic E-state index is 0.00116. The molecule has 0 bridgehead atoms. The summed E-state index contributed by atoms with van der Waals surface area (Å²) in [4.78, 5) is 29.9. The molecule has 1 aliphatic heterocycles. The molecule has 0 unspecified atom stereocenters. The van der Waals surface area contributed by atoms with Crippen LogP contribution in [-0.2, 0) is 24.1 Å². The first-order chi connectivity index (χ1) is 17.8. The van der Waals surface area contributed by atoms with Gasteiger partial charge >= 0.3 is 0 Å². The first-order valence-electron chi connectivity index (χ1n) is 13.2. The molecule has 0 spiro atoms. The number of carbonyl (C=O) groups is 1. The molecule has 0 N–H and O–H groups in total. The summed E-state index contributed by atoms with van der Waals surface area (Å²) in [6.45, 7) is 18.0. The van der Waals surface area contributed by atoms with Crippen LogP contribution in [0.4, 0.5) is 0 Å². The lowest BCUT2D eigenvalue weighted by atomic mass is 9.87. The van der Waals surface area contributed by atoms with Crippen molar-refractivity contribution in [1.82, 2.24) is 19.6 Å². The summed E-state index contributed by atoms with van der Waals surface area (Å²) >= 11 is 0. The van der Waals surface area contributed by atoms with Crippen LogP contribution in [0.25, 0.3) is 0 Å². The molecule has 204 valence electrons. The minimum Gasteiger partial charge on any atom is -0.482 e. The van der Waals surface area contributed by atoms with E-state index in [9.17, 15) is 9.59 Å². The fourth-order valence-corrected chi connectivity index (χ4v) is 4.54. The molecule has 8 nitrogen and oxygen atoms in total. The van der Waals surface area contributed by atoms with Crippen LogP contribution >= 0.6 is 0 Å². The Bertz CT molecular complexity index is 1320. The topological polar surface area (TPSA) is 80.8 Å². The second kappa shape index (κ2) is 10.8. The van der Waals surface area contributed by atoms with E-state index < -0.39 is 0 Å². The van der Waals surface area contributed by atoms with E-state index in [1.807, 2.05) is 55.5 Å². The van der Waals surface area contributed by atoms with E-state index in [2.05, 4.69) is 42.9 Å². The van der Waals surface area contributed by atoms with E-state index >= 15 is 0 Å². The van der Waals surface area contributed by atoms with Crippen molar-refractivity contribution in [1.29, 1.82) is 0 Å². The molecule has 0 saturated carbocycles. The average molecular weight is 521 g/mol. The number of carbonyl (C=O) groups excluding carboxylic acids is 1. The highest BCUT2D eigenvalue weighted by Crippen LogP contribution is 2.23. The van der Waals surface area contributed by atoms with Gasteiger partial charge in [-0.2, -0.15) is 5.10 Å². The largest absolute Gasteiger partial charge is 0.482 e. The normalized spacial score (nSPS) is 15.1. The second-order valence-electron chi connectivity index (χ2n) is 12.1. The Morgan fingerprint density at radius 3 is 2.24 bits per heavy atom. The number of nitrogens with zero attached hydrogens (tertiary/aromatic N) is 4. The quantitative estimate of drug-likeness (QED) is 0.467. The van der Waals surface area contributed by atoms with Crippen LogP contribution in [0.3, 0.4) is 0 Å². The van der Waals surface area contributed by atoms with Gasteiger partial charge in [-0.1, -0.05) is 45.0 Å². The molecule has 1 aromatic carbocycles. The second-order valence-corrected chi connectivity index (χ2v) is 12.1. The summed E-state index contributed by atoms with van der Waals surface area (Å²) in [7, 11) is 0. The van der Waals surface area contributed by atoms with Gasteiger partial charge in [0, 0.05) is 32.2 Å². The average Bonchev–Trinajstić information content (AvgIpc) is 3.26. The van der Waals surface area contributed by atoms with E-state index in [0.29, 0.717) is 50.8 Å². The maximum Gasteiger partial charge on any atom is 0.272 e. The fraction of sp³-hybridized carbons (Fsp3) is 0.500. The summed E-state index contributed by atoms with van der Waals surface area (Å²) in [6, 6.07) is 11.6. The van der Waals surface area contributed by atoms with Crippen LogP contribution in [-0.4, -0.2) is 51.7 Å². The van der Waals surface area contributed by atoms with E-state index in [1.54, 1.807) is 0 Å². The SMILES string of the molecule is Cc1cc(C(=O)N2CCN(Cc3cc(=O)c(OCc4ccc(C(C)(C)C)cc4)co3)CC2)n(C(C)(C)C)n1. The van der Waals surface area contributed by atoms with Crippen molar-refractivity contribution in [3.05, 3.63) is 81.2 Å². The Balaban J connectivity index is 1.30. The molecule has 3 heterocycles. The van der Waals surface area contributed by atoms with Gasteiger partial charge in [0.15, 0.2) is 0 Å². The highest BCUT2D eigenvalue weighted by Gasteiger charge is 2.28. The zero-order chi connectivity index (χ0) is 27.7. The maximum absolute atomic E-state index is 13.2. The van der Waals surface area contributed by atoms with E-state index in [1.165, 1.54) is 17.9 Å². The lowest BCUT2D eigenvalue weighted by molar-refractivity contribution is 0.0600. The van der Waals surface area contributed by atoms with Crippen molar-refractivity contribution < 1.29 is 13.9 Å². The molecule has 0 atom stereocenters. The van der Waals surface area contributed by atoms with Crippen LogP contribution in [0, 0.1) is 6.92 Å². The van der Waals surface area contributed by atoms with Gasteiger partial charge in [0.05, 0.1) is 17.8 Å². The molecule has 1 fully saturated rings. The highest BCUT2D eigenvalue weighted by molar-refractivity contribution is 5.93. The monoisotopic (exact) mass is 520 g/mol. The first-order valence-corrected chi connectivity index (χ1v) is 13.2. The molecule has 1 amide bonds.